The molecule has 1 atom stereocenters. The van der Waals surface area contributed by atoms with Crippen molar-refractivity contribution in [2.45, 2.75) is 45.9 Å². The van der Waals surface area contributed by atoms with Crippen LogP contribution in [0.15, 0.2) is 18.7 Å². The van der Waals surface area contributed by atoms with Crippen LogP contribution in [-0.2, 0) is 13.1 Å². The van der Waals surface area contributed by atoms with Crippen LogP contribution in [0.3, 0.4) is 0 Å². The number of aromatic nitrogens is 5. The molecule has 0 amide bonds. The molecule has 18 heavy (non-hydrogen) atoms. The monoisotopic (exact) mass is 249 g/mol. The molecule has 0 fully saturated rings. The van der Waals surface area contributed by atoms with E-state index in [1.807, 2.05) is 19.4 Å². The molecule has 0 aliphatic rings. The number of aliphatic hydroxyl groups excluding tert-OH is 1. The minimum Gasteiger partial charge on any atom is -0.387 e. The van der Waals surface area contributed by atoms with E-state index in [1.54, 1.807) is 10.9 Å². The van der Waals surface area contributed by atoms with Crippen LogP contribution in [0.5, 0.6) is 0 Å². The largest absolute Gasteiger partial charge is 0.387 e. The first-order valence-electron chi connectivity index (χ1n) is 6.31. The molecule has 2 rings (SSSR count). The summed E-state index contributed by atoms with van der Waals surface area (Å²) in [4.78, 5) is 4.15. The number of hydrogen-bond donors (Lipinski definition) is 1. The van der Waals surface area contributed by atoms with Crippen molar-refractivity contribution >= 4 is 0 Å². The van der Waals surface area contributed by atoms with Crippen LogP contribution < -0.4 is 0 Å². The number of nitrogens with zero attached hydrogens (tertiary/aromatic N) is 5. The molecule has 6 heteroatoms. The first-order valence-corrected chi connectivity index (χ1v) is 6.31. The summed E-state index contributed by atoms with van der Waals surface area (Å²) in [6, 6.07) is 0. The lowest BCUT2D eigenvalue weighted by atomic mass is 10.2. The summed E-state index contributed by atoms with van der Waals surface area (Å²) in [6.45, 7) is 5.63. The lowest BCUT2D eigenvalue weighted by Gasteiger charge is -2.06. The highest BCUT2D eigenvalue weighted by Gasteiger charge is 2.10. The van der Waals surface area contributed by atoms with E-state index < -0.39 is 6.10 Å². The topological polar surface area (TPSA) is 68.8 Å². The molecule has 6 nitrogen and oxygen atoms in total. The predicted molar refractivity (Wildman–Crippen MR) is 66.9 cm³/mol. The summed E-state index contributed by atoms with van der Waals surface area (Å²) in [7, 11) is 0. The molecule has 98 valence electrons. The molecular weight excluding hydrogens is 230 g/mol. The van der Waals surface area contributed by atoms with Crippen molar-refractivity contribution in [2.24, 2.45) is 0 Å². The van der Waals surface area contributed by atoms with E-state index in [1.165, 1.54) is 0 Å². The second-order valence-electron chi connectivity index (χ2n) is 4.34. The minimum absolute atomic E-state index is 0.528. The summed E-state index contributed by atoms with van der Waals surface area (Å²) in [5, 5.41) is 17.7. The third-order valence-electron chi connectivity index (χ3n) is 2.87. The fourth-order valence-corrected chi connectivity index (χ4v) is 1.84. The van der Waals surface area contributed by atoms with Crippen molar-refractivity contribution in [2.75, 3.05) is 0 Å². The van der Waals surface area contributed by atoms with Crippen LogP contribution in [0.2, 0.25) is 0 Å². The van der Waals surface area contributed by atoms with Gasteiger partial charge in [-0.3, -0.25) is 0 Å². The van der Waals surface area contributed by atoms with E-state index in [2.05, 4.69) is 26.8 Å². The van der Waals surface area contributed by atoms with Crippen molar-refractivity contribution in [3.8, 4) is 0 Å². The van der Waals surface area contributed by atoms with Gasteiger partial charge in [-0.05, 0) is 12.8 Å². The molecule has 0 saturated heterocycles. The van der Waals surface area contributed by atoms with E-state index in [4.69, 9.17) is 0 Å². The van der Waals surface area contributed by atoms with Gasteiger partial charge in [0, 0.05) is 6.54 Å². The van der Waals surface area contributed by atoms with Crippen molar-refractivity contribution < 1.29 is 5.11 Å². The van der Waals surface area contributed by atoms with Crippen molar-refractivity contribution in [3.05, 3.63) is 30.1 Å². The molecule has 1 N–H and O–H groups in total. The fraction of sp³-hybridized carbons (Fsp3) is 0.583. The van der Waals surface area contributed by atoms with Gasteiger partial charge in [-0.25, -0.2) is 9.67 Å². The van der Waals surface area contributed by atoms with Gasteiger partial charge in [0.05, 0.1) is 37.1 Å². The van der Waals surface area contributed by atoms with Crippen LogP contribution in [0, 0.1) is 0 Å². The molecular formula is C12H19N5O. The van der Waals surface area contributed by atoms with Crippen LogP contribution in [0.1, 0.15) is 44.2 Å². The number of imidazole rings is 1. The smallest absolute Gasteiger partial charge is 0.111 e. The molecule has 0 aliphatic carbocycles. The van der Waals surface area contributed by atoms with E-state index in [0.717, 1.165) is 18.7 Å². The van der Waals surface area contributed by atoms with Crippen LogP contribution in [0.4, 0.5) is 0 Å². The Hall–Kier alpha value is -1.69. The zero-order valence-corrected chi connectivity index (χ0v) is 10.8. The molecule has 1 unspecified atom stereocenters. The Bertz CT molecular complexity index is 490. The fourth-order valence-electron chi connectivity index (χ4n) is 1.84. The summed E-state index contributed by atoms with van der Waals surface area (Å²) >= 11 is 0. The summed E-state index contributed by atoms with van der Waals surface area (Å²) in [6.07, 6.45) is 6.65. The van der Waals surface area contributed by atoms with Crippen molar-refractivity contribution in [1.82, 2.24) is 24.5 Å². The summed E-state index contributed by atoms with van der Waals surface area (Å²) < 4.78 is 3.84. The number of hydrogen-bond acceptors (Lipinski definition) is 4. The molecule has 0 radical (unpaired) electrons. The normalized spacial score (nSPS) is 12.8. The van der Waals surface area contributed by atoms with E-state index in [-0.39, 0.29) is 0 Å². The average Bonchev–Trinajstić information content (AvgIpc) is 3.00. The number of aryl methyl sites for hydroxylation is 1. The second-order valence-corrected chi connectivity index (χ2v) is 4.34. The lowest BCUT2D eigenvalue weighted by Crippen LogP contribution is -2.07. The van der Waals surface area contributed by atoms with Gasteiger partial charge in [-0.2, -0.15) is 0 Å². The van der Waals surface area contributed by atoms with Gasteiger partial charge in [0.1, 0.15) is 5.69 Å². The van der Waals surface area contributed by atoms with Gasteiger partial charge >= 0.3 is 0 Å². The Balaban J connectivity index is 2.09. The first kappa shape index (κ1) is 12.8. The predicted octanol–water partition coefficient (Wildman–Crippen LogP) is 1.38. The van der Waals surface area contributed by atoms with Gasteiger partial charge < -0.3 is 9.67 Å². The number of aliphatic hydroxyl groups is 1. The third kappa shape index (κ3) is 2.76. The maximum atomic E-state index is 9.67. The second kappa shape index (κ2) is 5.77. The Morgan fingerprint density at radius 3 is 2.94 bits per heavy atom. The molecule has 0 saturated carbocycles. The first-order chi connectivity index (χ1) is 8.74. The molecule has 2 heterocycles. The van der Waals surface area contributed by atoms with Gasteiger partial charge in [0.15, 0.2) is 0 Å². The molecule has 0 spiro atoms. The SMILES string of the molecule is CCCn1cncc1Cn1cc(C(O)CC)nn1. The Kier molecular flexibility index (Phi) is 4.09. The highest BCUT2D eigenvalue weighted by molar-refractivity contribution is 5.02. The Morgan fingerprint density at radius 2 is 2.22 bits per heavy atom. The van der Waals surface area contributed by atoms with Crippen LogP contribution >= 0.6 is 0 Å². The molecule has 2 aromatic heterocycles. The minimum atomic E-state index is -0.528. The van der Waals surface area contributed by atoms with Gasteiger partial charge in [0.25, 0.3) is 0 Å². The van der Waals surface area contributed by atoms with E-state index in [9.17, 15) is 5.11 Å². The van der Waals surface area contributed by atoms with Crippen LogP contribution in [0.25, 0.3) is 0 Å². The van der Waals surface area contributed by atoms with Crippen molar-refractivity contribution in [1.29, 1.82) is 0 Å². The Morgan fingerprint density at radius 1 is 1.39 bits per heavy atom. The molecule has 2 aromatic rings. The molecule has 0 aliphatic heterocycles. The van der Waals surface area contributed by atoms with Gasteiger partial charge in [-0.15, -0.1) is 5.10 Å². The highest BCUT2D eigenvalue weighted by atomic mass is 16.3. The van der Waals surface area contributed by atoms with Gasteiger partial charge in [0.2, 0.25) is 0 Å². The maximum Gasteiger partial charge on any atom is 0.111 e. The van der Waals surface area contributed by atoms with E-state index >= 15 is 0 Å². The van der Waals surface area contributed by atoms with Crippen molar-refractivity contribution in [3.63, 3.8) is 0 Å². The standard InChI is InChI=1S/C12H19N5O/c1-3-5-16-9-13-6-10(16)7-17-8-11(14-15-17)12(18)4-2/h6,8-9,12,18H,3-5,7H2,1-2H3. The summed E-state index contributed by atoms with van der Waals surface area (Å²) in [5.41, 5.74) is 1.72. The summed E-state index contributed by atoms with van der Waals surface area (Å²) in [5.74, 6) is 0. The van der Waals surface area contributed by atoms with E-state index in [0.29, 0.717) is 18.7 Å². The lowest BCUT2D eigenvalue weighted by molar-refractivity contribution is 0.168. The zero-order chi connectivity index (χ0) is 13.0. The number of rotatable bonds is 6. The Labute approximate surface area is 106 Å². The third-order valence-corrected chi connectivity index (χ3v) is 2.87. The highest BCUT2D eigenvalue weighted by Crippen LogP contribution is 2.12. The zero-order valence-electron chi connectivity index (χ0n) is 10.8. The van der Waals surface area contributed by atoms with Crippen LogP contribution in [-0.4, -0.2) is 29.7 Å². The molecule has 0 aromatic carbocycles. The maximum absolute atomic E-state index is 9.67. The quantitative estimate of drug-likeness (QED) is 0.839. The average molecular weight is 249 g/mol. The molecule has 0 bridgehead atoms. The van der Waals surface area contributed by atoms with Gasteiger partial charge in [-0.1, -0.05) is 19.1 Å².